The van der Waals surface area contributed by atoms with Gasteiger partial charge in [-0.05, 0) is 12.1 Å². The van der Waals surface area contributed by atoms with E-state index < -0.39 is 6.10 Å². The highest BCUT2D eigenvalue weighted by Crippen LogP contribution is 2.10. The van der Waals surface area contributed by atoms with Crippen molar-refractivity contribution in [3.63, 3.8) is 0 Å². The van der Waals surface area contributed by atoms with Crippen LogP contribution in [0.4, 0.5) is 5.69 Å². The van der Waals surface area contributed by atoms with Gasteiger partial charge in [0.25, 0.3) is 0 Å². The predicted molar refractivity (Wildman–Crippen MR) is 55.3 cm³/mol. The Balaban J connectivity index is 2.54. The van der Waals surface area contributed by atoms with Crippen LogP contribution in [0.25, 0.3) is 0 Å². The smallest absolute Gasteiger partial charge is 0.163 e. The van der Waals surface area contributed by atoms with Crippen molar-refractivity contribution in [2.24, 2.45) is 0 Å². The van der Waals surface area contributed by atoms with Gasteiger partial charge in [0.2, 0.25) is 0 Å². The predicted octanol–water partition coefficient (Wildman–Crippen LogP) is 0.372. The molecule has 0 radical (unpaired) electrons. The number of hydrogen-bond donors (Lipinski definition) is 2. The summed E-state index contributed by atoms with van der Waals surface area (Å²) in [6.45, 7) is 0.587. The van der Waals surface area contributed by atoms with Gasteiger partial charge in [-0.3, -0.25) is 0 Å². The Kier molecular flexibility index (Phi) is 4.54. The van der Waals surface area contributed by atoms with Crippen LogP contribution in [0.5, 0.6) is 0 Å². The number of aliphatic hydroxyl groups excluding tert-OH is 1. The maximum absolute atomic E-state index is 9.38. The first-order valence-corrected chi connectivity index (χ1v) is 4.54. The average Bonchev–Trinajstić information content (AvgIpc) is 2.27. The molecule has 0 fully saturated rings. The van der Waals surface area contributed by atoms with E-state index in [-0.39, 0.29) is 6.61 Å². The Labute approximate surface area is 88.3 Å². The first-order valence-electron chi connectivity index (χ1n) is 4.54. The van der Waals surface area contributed by atoms with Gasteiger partial charge in [0.15, 0.2) is 5.69 Å². The van der Waals surface area contributed by atoms with Gasteiger partial charge in [-0.1, -0.05) is 0 Å². The van der Waals surface area contributed by atoms with Crippen molar-refractivity contribution in [2.75, 3.05) is 25.6 Å². The number of aliphatic hydroxyl groups is 1. The highest BCUT2D eigenvalue weighted by Gasteiger charge is 2.05. The largest absolute Gasteiger partial charge is 0.389 e. The molecule has 1 rings (SSSR count). The molecule has 0 saturated heterocycles. The van der Waals surface area contributed by atoms with Crippen molar-refractivity contribution in [2.45, 2.75) is 6.10 Å². The Morgan fingerprint density at radius 1 is 1.73 bits per heavy atom. The molecule has 0 aliphatic rings. The summed E-state index contributed by atoms with van der Waals surface area (Å²) in [5.74, 6) is 0. The fourth-order valence-corrected chi connectivity index (χ4v) is 1.12. The topological polar surface area (TPSA) is 78.2 Å². The molecule has 0 aliphatic carbocycles. The van der Waals surface area contributed by atoms with Crippen molar-refractivity contribution in [1.82, 2.24) is 4.98 Å². The fraction of sp³-hybridized carbons (Fsp3) is 0.400. The summed E-state index contributed by atoms with van der Waals surface area (Å²) < 4.78 is 4.78. The van der Waals surface area contributed by atoms with Crippen LogP contribution in [0.2, 0.25) is 0 Å². The molecular weight excluding hydrogens is 194 g/mol. The van der Waals surface area contributed by atoms with Crippen LogP contribution in [0, 0.1) is 11.3 Å². The summed E-state index contributed by atoms with van der Waals surface area (Å²) in [6, 6.07) is 5.43. The van der Waals surface area contributed by atoms with Crippen LogP contribution in [-0.4, -0.2) is 36.5 Å². The molecule has 1 aromatic heterocycles. The first-order chi connectivity index (χ1) is 7.27. The van der Waals surface area contributed by atoms with E-state index in [1.807, 2.05) is 6.07 Å². The summed E-state index contributed by atoms with van der Waals surface area (Å²) in [5.41, 5.74) is 0.942. The number of nitrogens with one attached hydrogen (secondary N) is 1. The molecule has 1 atom stereocenters. The van der Waals surface area contributed by atoms with Gasteiger partial charge in [-0.25, -0.2) is 4.98 Å². The van der Waals surface area contributed by atoms with Crippen LogP contribution in [0.3, 0.4) is 0 Å². The summed E-state index contributed by atoms with van der Waals surface area (Å²) >= 11 is 0. The molecule has 2 N–H and O–H groups in total. The van der Waals surface area contributed by atoms with Gasteiger partial charge >= 0.3 is 0 Å². The number of aromatic nitrogens is 1. The number of anilines is 1. The third-order valence-corrected chi connectivity index (χ3v) is 1.80. The summed E-state index contributed by atoms with van der Waals surface area (Å²) in [7, 11) is 1.52. The zero-order chi connectivity index (χ0) is 11.1. The van der Waals surface area contributed by atoms with Gasteiger partial charge in [0.05, 0.1) is 18.4 Å². The standard InChI is InChI=1S/C10H13N3O2/c1-15-7-8(14)6-13-9-3-2-4-12-10(9)5-11/h2-4,8,13-14H,6-7H2,1H3. The highest BCUT2D eigenvalue weighted by molar-refractivity contribution is 5.53. The molecule has 1 unspecified atom stereocenters. The van der Waals surface area contributed by atoms with E-state index in [0.29, 0.717) is 17.9 Å². The van der Waals surface area contributed by atoms with E-state index in [0.717, 1.165) is 0 Å². The van der Waals surface area contributed by atoms with E-state index in [1.165, 1.54) is 7.11 Å². The lowest BCUT2D eigenvalue weighted by Gasteiger charge is -2.11. The molecule has 5 heteroatoms. The second-order valence-corrected chi connectivity index (χ2v) is 3.00. The Morgan fingerprint density at radius 2 is 2.53 bits per heavy atom. The first kappa shape index (κ1) is 11.4. The number of nitriles is 1. The molecule has 0 spiro atoms. The zero-order valence-corrected chi connectivity index (χ0v) is 8.47. The maximum atomic E-state index is 9.38. The lowest BCUT2D eigenvalue weighted by atomic mass is 10.3. The lowest BCUT2D eigenvalue weighted by Crippen LogP contribution is -2.24. The van der Waals surface area contributed by atoms with Crippen molar-refractivity contribution >= 4 is 5.69 Å². The summed E-state index contributed by atoms with van der Waals surface area (Å²) in [6.07, 6.45) is 0.955. The van der Waals surface area contributed by atoms with Crippen LogP contribution >= 0.6 is 0 Å². The van der Waals surface area contributed by atoms with Crippen LogP contribution in [-0.2, 0) is 4.74 Å². The van der Waals surface area contributed by atoms with E-state index >= 15 is 0 Å². The SMILES string of the molecule is COCC(O)CNc1cccnc1C#N. The number of rotatable bonds is 5. The number of methoxy groups -OCH3 is 1. The third-order valence-electron chi connectivity index (χ3n) is 1.80. The van der Waals surface area contributed by atoms with E-state index in [4.69, 9.17) is 10.00 Å². The number of nitrogens with zero attached hydrogens (tertiary/aromatic N) is 2. The molecule has 1 heterocycles. The second kappa shape index (κ2) is 5.96. The van der Waals surface area contributed by atoms with Crippen molar-refractivity contribution in [1.29, 1.82) is 5.26 Å². The van der Waals surface area contributed by atoms with Gasteiger partial charge < -0.3 is 15.2 Å². The van der Waals surface area contributed by atoms with Gasteiger partial charge in [0, 0.05) is 19.9 Å². The fourth-order valence-electron chi connectivity index (χ4n) is 1.12. The van der Waals surface area contributed by atoms with E-state index in [1.54, 1.807) is 18.3 Å². The van der Waals surface area contributed by atoms with Gasteiger partial charge in [0.1, 0.15) is 6.07 Å². The van der Waals surface area contributed by atoms with E-state index in [9.17, 15) is 5.11 Å². The molecule has 0 aromatic carbocycles. The molecule has 1 aromatic rings. The van der Waals surface area contributed by atoms with Gasteiger partial charge in [-0.2, -0.15) is 5.26 Å². The number of hydrogen-bond acceptors (Lipinski definition) is 5. The molecule has 0 bridgehead atoms. The highest BCUT2D eigenvalue weighted by atomic mass is 16.5. The molecule has 0 amide bonds. The summed E-state index contributed by atoms with van der Waals surface area (Å²) in [4.78, 5) is 3.88. The van der Waals surface area contributed by atoms with Crippen LogP contribution in [0.1, 0.15) is 5.69 Å². The minimum Gasteiger partial charge on any atom is -0.389 e. The van der Waals surface area contributed by atoms with Crippen molar-refractivity contribution in [3.05, 3.63) is 24.0 Å². The van der Waals surface area contributed by atoms with Gasteiger partial charge in [-0.15, -0.1) is 0 Å². The molecule has 80 valence electrons. The molecule has 0 saturated carbocycles. The second-order valence-electron chi connectivity index (χ2n) is 3.00. The molecule has 0 aliphatic heterocycles. The lowest BCUT2D eigenvalue weighted by molar-refractivity contribution is 0.0727. The quantitative estimate of drug-likeness (QED) is 0.729. The normalized spacial score (nSPS) is 11.8. The van der Waals surface area contributed by atoms with Crippen molar-refractivity contribution < 1.29 is 9.84 Å². The molecule has 5 nitrogen and oxygen atoms in total. The minimum absolute atomic E-state index is 0.259. The Morgan fingerprint density at radius 3 is 3.20 bits per heavy atom. The summed E-state index contributed by atoms with van der Waals surface area (Å²) in [5, 5.41) is 21.1. The van der Waals surface area contributed by atoms with E-state index in [2.05, 4.69) is 10.3 Å². The third kappa shape index (κ3) is 3.54. The minimum atomic E-state index is -0.596. The molecular formula is C10H13N3O2. The average molecular weight is 207 g/mol. The van der Waals surface area contributed by atoms with Crippen LogP contribution < -0.4 is 5.32 Å². The maximum Gasteiger partial charge on any atom is 0.163 e. The van der Waals surface area contributed by atoms with Crippen molar-refractivity contribution in [3.8, 4) is 6.07 Å². The Bertz CT molecular complexity index is 349. The monoisotopic (exact) mass is 207 g/mol. The Hall–Kier alpha value is -1.64. The number of pyridine rings is 1. The molecule has 15 heavy (non-hydrogen) atoms. The van der Waals surface area contributed by atoms with Crippen LogP contribution in [0.15, 0.2) is 18.3 Å². The number of ether oxygens (including phenoxy) is 1. The zero-order valence-electron chi connectivity index (χ0n) is 8.47.